The fraction of sp³-hybridized carbons (Fsp3) is 0.235. The number of anilines is 1. The molecule has 2 rings (SSSR count). The molecule has 0 saturated heterocycles. The van der Waals surface area contributed by atoms with Gasteiger partial charge >= 0.3 is 11.8 Å². The number of amides is 2. The third-order valence-electron chi connectivity index (χ3n) is 3.54. The number of aryl methyl sites for hydroxylation is 1. The lowest BCUT2D eigenvalue weighted by atomic mass is 10.2. The van der Waals surface area contributed by atoms with E-state index in [1.807, 2.05) is 6.07 Å². The number of nitrogens with zero attached hydrogens (tertiary/aromatic N) is 1. The number of nitro groups is 1. The van der Waals surface area contributed by atoms with Crippen molar-refractivity contribution in [2.24, 2.45) is 0 Å². The summed E-state index contributed by atoms with van der Waals surface area (Å²) in [6, 6.07) is 7.50. The Kier molecular flexibility index (Phi) is 6.18. The predicted molar refractivity (Wildman–Crippen MR) is 97.5 cm³/mol. The second kappa shape index (κ2) is 8.34. The highest BCUT2D eigenvalue weighted by molar-refractivity contribution is 7.14. The Morgan fingerprint density at radius 1 is 1.15 bits per heavy atom. The molecule has 0 bridgehead atoms. The zero-order valence-electron chi connectivity index (χ0n) is 14.2. The third kappa shape index (κ3) is 4.96. The van der Waals surface area contributed by atoms with Gasteiger partial charge in [0.15, 0.2) is 5.78 Å². The molecule has 0 aliphatic rings. The summed E-state index contributed by atoms with van der Waals surface area (Å²) in [5.74, 6) is -1.66. The van der Waals surface area contributed by atoms with Gasteiger partial charge in [0.05, 0.1) is 9.80 Å². The summed E-state index contributed by atoms with van der Waals surface area (Å²) >= 11 is 1.35. The SMILES string of the molecule is CC(=O)c1ccc(CCNC(=O)C(=O)Nc2ccc([N+](=O)[O-])cc2C)s1. The van der Waals surface area contributed by atoms with Crippen molar-refractivity contribution in [1.82, 2.24) is 5.32 Å². The van der Waals surface area contributed by atoms with Gasteiger partial charge in [-0.15, -0.1) is 11.3 Å². The van der Waals surface area contributed by atoms with Crippen LogP contribution in [0.15, 0.2) is 30.3 Å². The van der Waals surface area contributed by atoms with E-state index in [-0.39, 0.29) is 18.0 Å². The molecule has 1 aromatic heterocycles. The minimum Gasteiger partial charge on any atom is -0.347 e. The second-order valence-electron chi connectivity index (χ2n) is 5.54. The topological polar surface area (TPSA) is 118 Å². The van der Waals surface area contributed by atoms with Crippen LogP contribution in [-0.4, -0.2) is 29.1 Å². The van der Waals surface area contributed by atoms with Crippen LogP contribution in [0.3, 0.4) is 0 Å². The van der Waals surface area contributed by atoms with Crippen molar-refractivity contribution in [3.05, 3.63) is 55.8 Å². The van der Waals surface area contributed by atoms with Gasteiger partial charge in [-0.25, -0.2) is 0 Å². The number of nitrogens with one attached hydrogen (secondary N) is 2. The number of rotatable bonds is 6. The standard InChI is InChI=1S/C17H17N3O5S/c1-10-9-12(20(24)25)3-5-14(10)19-17(23)16(22)18-8-7-13-4-6-15(26-13)11(2)21/h3-6,9H,7-8H2,1-2H3,(H,18,22)(H,19,23). The van der Waals surface area contributed by atoms with Crippen LogP contribution in [0.5, 0.6) is 0 Å². The van der Waals surface area contributed by atoms with Crippen LogP contribution in [0.25, 0.3) is 0 Å². The summed E-state index contributed by atoms with van der Waals surface area (Å²) in [5, 5.41) is 15.6. The van der Waals surface area contributed by atoms with E-state index in [1.165, 1.54) is 36.5 Å². The monoisotopic (exact) mass is 375 g/mol. The molecule has 0 radical (unpaired) electrons. The molecule has 0 aliphatic carbocycles. The number of carbonyl (C=O) groups excluding carboxylic acids is 3. The number of nitro benzene ring substituents is 1. The molecule has 0 fully saturated rings. The normalized spacial score (nSPS) is 10.2. The molecule has 9 heteroatoms. The quantitative estimate of drug-likeness (QED) is 0.348. The molecule has 8 nitrogen and oxygen atoms in total. The van der Waals surface area contributed by atoms with Gasteiger partial charge in [-0.3, -0.25) is 24.5 Å². The molecule has 0 aliphatic heterocycles. The number of benzene rings is 1. The van der Waals surface area contributed by atoms with Gasteiger partial charge in [0.1, 0.15) is 0 Å². The number of hydrogen-bond donors (Lipinski definition) is 2. The molecule has 0 atom stereocenters. The number of Topliss-reactive ketones (excluding diaryl/α,β-unsaturated/α-hetero) is 1. The molecule has 2 N–H and O–H groups in total. The van der Waals surface area contributed by atoms with E-state index in [0.717, 1.165) is 4.88 Å². The zero-order chi connectivity index (χ0) is 19.3. The maximum absolute atomic E-state index is 11.9. The Morgan fingerprint density at radius 2 is 1.88 bits per heavy atom. The minimum absolute atomic E-state index is 0.0110. The van der Waals surface area contributed by atoms with Crippen LogP contribution in [-0.2, 0) is 16.0 Å². The molecular formula is C17H17N3O5S. The van der Waals surface area contributed by atoms with Crippen molar-refractivity contribution in [1.29, 1.82) is 0 Å². The van der Waals surface area contributed by atoms with Gasteiger partial charge in [-0.1, -0.05) is 0 Å². The van der Waals surface area contributed by atoms with E-state index in [2.05, 4.69) is 10.6 Å². The average molecular weight is 375 g/mol. The first kappa shape index (κ1) is 19.3. The lowest BCUT2D eigenvalue weighted by molar-refractivity contribution is -0.384. The van der Waals surface area contributed by atoms with Crippen molar-refractivity contribution >= 4 is 40.3 Å². The Bertz CT molecular complexity index is 875. The summed E-state index contributed by atoms with van der Waals surface area (Å²) in [7, 11) is 0. The smallest absolute Gasteiger partial charge is 0.313 e. The lowest BCUT2D eigenvalue weighted by Gasteiger charge is -2.08. The maximum Gasteiger partial charge on any atom is 0.313 e. The summed E-state index contributed by atoms with van der Waals surface area (Å²) in [6.45, 7) is 3.34. The Hall–Kier alpha value is -3.07. The number of thiophene rings is 1. The largest absolute Gasteiger partial charge is 0.347 e. The van der Waals surface area contributed by atoms with Gasteiger partial charge in [0.25, 0.3) is 5.69 Å². The highest BCUT2D eigenvalue weighted by atomic mass is 32.1. The van der Waals surface area contributed by atoms with Crippen molar-refractivity contribution in [2.75, 3.05) is 11.9 Å². The van der Waals surface area contributed by atoms with Gasteiger partial charge in [-0.05, 0) is 44.0 Å². The maximum atomic E-state index is 11.9. The molecule has 0 spiro atoms. The van der Waals surface area contributed by atoms with Crippen LogP contribution >= 0.6 is 11.3 Å². The first-order valence-corrected chi connectivity index (χ1v) is 8.53. The summed E-state index contributed by atoms with van der Waals surface area (Å²) in [4.78, 5) is 46.8. The van der Waals surface area contributed by atoms with Crippen LogP contribution < -0.4 is 10.6 Å². The van der Waals surface area contributed by atoms with E-state index in [0.29, 0.717) is 22.5 Å². The second-order valence-corrected chi connectivity index (χ2v) is 6.71. The zero-order valence-corrected chi connectivity index (χ0v) is 15.0. The average Bonchev–Trinajstić information content (AvgIpc) is 3.05. The van der Waals surface area contributed by atoms with Crippen LogP contribution in [0, 0.1) is 17.0 Å². The fourth-order valence-electron chi connectivity index (χ4n) is 2.16. The number of carbonyl (C=O) groups is 3. The Labute approximate surface area is 153 Å². The third-order valence-corrected chi connectivity index (χ3v) is 4.79. The van der Waals surface area contributed by atoms with Gasteiger partial charge in [0, 0.05) is 29.2 Å². The molecule has 0 saturated carbocycles. The minimum atomic E-state index is -0.849. The first-order valence-electron chi connectivity index (χ1n) is 7.72. The molecule has 136 valence electrons. The number of hydrogen-bond acceptors (Lipinski definition) is 6. The van der Waals surface area contributed by atoms with Gasteiger partial charge in [-0.2, -0.15) is 0 Å². The van der Waals surface area contributed by atoms with E-state index >= 15 is 0 Å². The van der Waals surface area contributed by atoms with E-state index in [4.69, 9.17) is 0 Å². The van der Waals surface area contributed by atoms with Crippen molar-refractivity contribution in [2.45, 2.75) is 20.3 Å². The lowest BCUT2D eigenvalue weighted by Crippen LogP contribution is -2.36. The van der Waals surface area contributed by atoms with Gasteiger partial charge in [0.2, 0.25) is 0 Å². The molecule has 2 amide bonds. The molecule has 26 heavy (non-hydrogen) atoms. The Balaban J connectivity index is 1.86. The molecule has 0 unspecified atom stereocenters. The molecule has 1 heterocycles. The molecular weight excluding hydrogens is 358 g/mol. The Morgan fingerprint density at radius 3 is 2.46 bits per heavy atom. The first-order chi connectivity index (χ1) is 12.3. The number of ketones is 1. The number of non-ortho nitro benzene ring substituents is 1. The van der Waals surface area contributed by atoms with Crippen LogP contribution in [0.2, 0.25) is 0 Å². The van der Waals surface area contributed by atoms with Crippen LogP contribution in [0.4, 0.5) is 11.4 Å². The van der Waals surface area contributed by atoms with E-state index in [9.17, 15) is 24.5 Å². The summed E-state index contributed by atoms with van der Waals surface area (Å²) in [5.41, 5.74) is 0.724. The van der Waals surface area contributed by atoms with Gasteiger partial charge < -0.3 is 10.6 Å². The van der Waals surface area contributed by atoms with E-state index in [1.54, 1.807) is 13.0 Å². The van der Waals surface area contributed by atoms with Crippen molar-refractivity contribution in [3.8, 4) is 0 Å². The summed E-state index contributed by atoms with van der Waals surface area (Å²) < 4.78 is 0. The highest BCUT2D eigenvalue weighted by Crippen LogP contribution is 2.21. The van der Waals surface area contributed by atoms with Crippen molar-refractivity contribution in [3.63, 3.8) is 0 Å². The van der Waals surface area contributed by atoms with E-state index < -0.39 is 16.7 Å². The van der Waals surface area contributed by atoms with Crippen molar-refractivity contribution < 1.29 is 19.3 Å². The van der Waals surface area contributed by atoms with Crippen LogP contribution in [0.1, 0.15) is 27.0 Å². The fourth-order valence-corrected chi connectivity index (χ4v) is 3.06. The predicted octanol–water partition coefficient (Wildman–Crippen LogP) is 2.46. The molecule has 2 aromatic rings. The highest BCUT2D eigenvalue weighted by Gasteiger charge is 2.16. The summed E-state index contributed by atoms with van der Waals surface area (Å²) in [6.07, 6.45) is 0.507. The molecule has 1 aromatic carbocycles.